The molecule has 0 saturated heterocycles. The highest BCUT2D eigenvalue weighted by Crippen LogP contribution is 2.46. The number of hydrogen-bond donors (Lipinski definition) is 2. The molecule has 1 aliphatic carbocycles. The van der Waals surface area contributed by atoms with Gasteiger partial charge < -0.3 is 10.4 Å². The van der Waals surface area contributed by atoms with E-state index in [0.717, 1.165) is 31.9 Å². The molecule has 150 valence electrons. The van der Waals surface area contributed by atoms with Crippen LogP contribution in [0.15, 0.2) is 55.1 Å². The maximum Gasteiger partial charge on any atom is 0.0319 e. The molecule has 2 unspecified atom stereocenters. The van der Waals surface area contributed by atoms with E-state index in [0.29, 0.717) is 6.04 Å². The van der Waals surface area contributed by atoms with Crippen LogP contribution >= 0.6 is 0 Å². The third kappa shape index (κ3) is 12.1. The van der Waals surface area contributed by atoms with Crippen LogP contribution in [0.4, 0.5) is 0 Å². The number of hydrogen-bond acceptors (Lipinski definition) is 2. The smallest absolute Gasteiger partial charge is 0.0319 e. The standard InChI is InChI=1S/C18H25N.C3H8.C2H6.CH4O/c1-4-5-11-16-12-17(16)18(14(2)3)19-13-15-9-7-6-8-10-15;1-3-2;2*1-2/h4,6-10,16-19H,1-2,5,11-13H2,3H3;3H2,1-2H3;1-2H3;2H,1H3/t16-,17?,18?;;;/m1.../s1. The van der Waals surface area contributed by atoms with E-state index < -0.39 is 0 Å². The molecule has 1 aromatic carbocycles. The minimum Gasteiger partial charge on any atom is -0.400 e. The minimum absolute atomic E-state index is 0.468. The van der Waals surface area contributed by atoms with Gasteiger partial charge in [0.1, 0.15) is 0 Å². The second-order valence-corrected chi connectivity index (χ2v) is 6.42. The molecule has 0 aromatic heterocycles. The van der Waals surface area contributed by atoms with E-state index in [4.69, 9.17) is 5.11 Å². The maximum atomic E-state index is 7.00. The maximum absolute atomic E-state index is 7.00. The van der Waals surface area contributed by atoms with E-state index in [1.807, 2.05) is 19.9 Å². The Balaban J connectivity index is 0. The predicted molar refractivity (Wildman–Crippen MR) is 118 cm³/mol. The Hall–Kier alpha value is -1.38. The summed E-state index contributed by atoms with van der Waals surface area (Å²) in [6, 6.07) is 11.1. The fraction of sp³-hybridized carbons (Fsp3) is 0.583. The Morgan fingerprint density at radius 3 is 2.23 bits per heavy atom. The van der Waals surface area contributed by atoms with E-state index in [2.05, 4.69) is 69.6 Å². The van der Waals surface area contributed by atoms with Crippen LogP contribution in [0.2, 0.25) is 0 Å². The summed E-state index contributed by atoms with van der Waals surface area (Å²) in [7, 11) is 1.00. The van der Waals surface area contributed by atoms with Crippen molar-refractivity contribution in [3.8, 4) is 0 Å². The molecule has 2 rings (SSSR count). The molecule has 0 spiro atoms. The zero-order valence-electron chi connectivity index (χ0n) is 18.1. The van der Waals surface area contributed by atoms with Crippen LogP contribution < -0.4 is 5.32 Å². The van der Waals surface area contributed by atoms with Gasteiger partial charge in [0.15, 0.2) is 0 Å². The van der Waals surface area contributed by atoms with Crippen molar-refractivity contribution in [2.45, 2.75) is 72.9 Å². The van der Waals surface area contributed by atoms with Crippen molar-refractivity contribution in [1.82, 2.24) is 5.32 Å². The van der Waals surface area contributed by atoms with Crippen molar-refractivity contribution >= 4 is 0 Å². The summed E-state index contributed by atoms with van der Waals surface area (Å²) in [6.07, 6.45) is 7.05. The van der Waals surface area contributed by atoms with E-state index in [-0.39, 0.29) is 0 Å². The molecule has 2 heteroatoms. The molecule has 0 aliphatic heterocycles. The number of allylic oxidation sites excluding steroid dienone is 1. The number of nitrogens with one attached hydrogen (secondary N) is 1. The molecule has 1 aromatic rings. The Labute approximate surface area is 163 Å². The summed E-state index contributed by atoms with van der Waals surface area (Å²) in [6.45, 7) is 19.3. The third-order valence-corrected chi connectivity index (χ3v) is 4.05. The van der Waals surface area contributed by atoms with Gasteiger partial charge in [0.2, 0.25) is 0 Å². The third-order valence-electron chi connectivity index (χ3n) is 4.05. The van der Waals surface area contributed by atoms with Crippen LogP contribution in [0.25, 0.3) is 0 Å². The topological polar surface area (TPSA) is 32.3 Å². The second kappa shape index (κ2) is 18.4. The molecule has 0 bridgehead atoms. The predicted octanol–water partition coefficient (Wildman–Crippen LogP) is 6.37. The van der Waals surface area contributed by atoms with E-state index in [1.54, 1.807) is 0 Å². The van der Waals surface area contributed by atoms with Crippen LogP contribution in [-0.2, 0) is 6.54 Å². The van der Waals surface area contributed by atoms with Crippen LogP contribution in [0.1, 0.15) is 65.9 Å². The molecule has 0 heterocycles. The van der Waals surface area contributed by atoms with E-state index in [1.165, 1.54) is 30.4 Å². The fourth-order valence-electron chi connectivity index (χ4n) is 2.86. The lowest BCUT2D eigenvalue weighted by Crippen LogP contribution is -2.32. The summed E-state index contributed by atoms with van der Waals surface area (Å²) < 4.78 is 0. The van der Waals surface area contributed by atoms with Crippen molar-refractivity contribution in [2.75, 3.05) is 7.11 Å². The van der Waals surface area contributed by atoms with E-state index in [9.17, 15) is 0 Å². The largest absolute Gasteiger partial charge is 0.400 e. The van der Waals surface area contributed by atoms with Gasteiger partial charge in [-0.05, 0) is 43.6 Å². The van der Waals surface area contributed by atoms with Gasteiger partial charge in [-0.25, -0.2) is 0 Å². The monoisotopic (exact) mass is 361 g/mol. The molecule has 2 N–H and O–H groups in total. The average Bonchev–Trinajstić information content (AvgIpc) is 3.44. The highest BCUT2D eigenvalue weighted by Gasteiger charge is 2.41. The highest BCUT2D eigenvalue weighted by atomic mass is 16.2. The lowest BCUT2D eigenvalue weighted by Gasteiger charge is -2.19. The highest BCUT2D eigenvalue weighted by molar-refractivity contribution is 5.17. The van der Waals surface area contributed by atoms with Gasteiger partial charge in [-0.1, -0.05) is 82.7 Å². The molecular weight excluding hydrogens is 318 g/mol. The second-order valence-electron chi connectivity index (χ2n) is 6.42. The Morgan fingerprint density at radius 1 is 1.23 bits per heavy atom. The molecule has 0 amide bonds. The minimum atomic E-state index is 0.468. The van der Waals surface area contributed by atoms with Crippen molar-refractivity contribution in [1.29, 1.82) is 0 Å². The molecule has 2 nitrogen and oxygen atoms in total. The van der Waals surface area contributed by atoms with Gasteiger partial charge in [0, 0.05) is 19.7 Å². The van der Waals surface area contributed by atoms with Crippen molar-refractivity contribution in [3.63, 3.8) is 0 Å². The Kier molecular flexibility index (Phi) is 19.0. The van der Waals surface area contributed by atoms with Crippen LogP contribution in [0, 0.1) is 11.8 Å². The summed E-state index contributed by atoms with van der Waals surface area (Å²) in [4.78, 5) is 0. The van der Waals surface area contributed by atoms with Crippen molar-refractivity contribution in [3.05, 3.63) is 60.7 Å². The van der Waals surface area contributed by atoms with Crippen molar-refractivity contribution < 1.29 is 5.11 Å². The van der Waals surface area contributed by atoms with Gasteiger partial charge in [-0.2, -0.15) is 0 Å². The molecule has 1 fully saturated rings. The number of benzene rings is 1. The van der Waals surface area contributed by atoms with E-state index >= 15 is 0 Å². The molecule has 1 saturated carbocycles. The first-order valence-electron chi connectivity index (χ1n) is 10.1. The summed E-state index contributed by atoms with van der Waals surface area (Å²) >= 11 is 0. The fourth-order valence-corrected chi connectivity index (χ4v) is 2.86. The van der Waals surface area contributed by atoms with Gasteiger partial charge in [-0.15, -0.1) is 6.58 Å². The summed E-state index contributed by atoms with van der Waals surface area (Å²) in [5.41, 5.74) is 2.61. The SMILES string of the molecule is C=CCC[C@@H]1CC1C(NCc1ccccc1)C(=C)C.CC.CCC.CO. The lowest BCUT2D eigenvalue weighted by molar-refractivity contribution is 0.399. The van der Waals surface area contributed by atoms with Crippen molar-refractivity contribution in [2.24, 2.45) is 11.8 Å². The number of rotatable bonds is 8. The summed E-state index contributed by atoms with van der Waals surface area (Å²) in [5, 5.41) is 10.7. The molecule has 0 radical (unpaired) electrons. The van der Waals surface area contributed by atoms with Gasteiger partial charge in [0.05, 0.1) is 0 Å². The summed E-state index contributed by atoms with van der Waals surface area (Å²) in [5.74, 6) is 1.64. The Morgan fingerprint density at radius 2 is 1.77 bits per heavy atom. The molecule has 1 aliphatic rings. The quantitative estimate of drug-likeness (QED) is 0.527. The van der Waals surface area contributed by atoms with Gasteiger partial charge in [-0.3, -0.25) is 0 Å². The van der Waals surface area contributed by atoms with Crippen LogP contribution in [0.5, 0.6) is 0 Å². The average molecular weight is 362 g/mol. The van der Waals surface area contributed by atoms with Crippen LogP contribution in [-0.4, -0.2) is 18.3 Å². The number of aliphatic hydroxyl groups excluding tert-OH is 1. The first-order valence-corrected chi connectivity index (χ1v) is 10.1. The molecule has 3 atom stereocenters. The molecular formula is C24H43NO. The normalized spacial score (nSPS) is 17.8. The zero-order valence-corrected chi connectivity index (χ0v) is 18.1. The van der Waals surface area contributed by atoms with Gasteiger partial charge >= 0.3 is 0 Å². The van der Waals surface area contributed by atoms with Crippen LogP contribution in [0.3, 0.4) is 0 Å². The molecule has 26 heavy (non-hydrogen) atoms. The zero-order chi connectivity index (χ0) is 20.4. The Bertz CT molecular complexity index is 441. The first-order chi connectivity index (χ1) is 12.6. The van der Waals surface area contributed by atoms with Gasteiger partial charge in [0.25, 0.3) is 0 Å². The first kappa shape index (κ1) is 26.8. The number of aliphatic hydroxyl groups is 1. The lowest BCUT2D eigenvalue weighted by atomic mass is 10.0.